The van der Waals surface area contributed by atoms with Gasteiger partial charge in [-0.1, -0.05) is 60.7 Å². The number of esters is 1. The van der Waals surface area contributed by atoms with Crippen molar-refractivity contribution in [2.75, 3.05) is 13.3 Å². The van der Waals surface area contributed by atoms with Gasteiger partial charge in [0.15, 0.2) is 6.73 Å². The minimum absolute atomic E-state index is 0.0149. The van der Waals surface area contributed by atoms with E-state index in [1.165, 1.54) is 17.0 Å². The molecule has 6 nitrogen and oxygen atoms in total. The summed E-state index contributed by atoms with van der Waals surface area (Å²) in [5.41, 5.74) is 5.09. The Hall–Kier alpha value is -3.94. The maximum Gasteiger partial charge on any atom is 0.413 e. The van der Waals surface area contributed by atoms with Crippen LogP contribution in [0, 0.1) is 0 Å². The maximum atomic E-state index is 12.9. The van der Waals surface area contributed by atoms with Crippen molar-refractivity contribution in [3.8, 4) is 16.9 Å². The SMILES string of the molecule is O=C1OCN(C(=O)OCC2c3ccccc3-c3ccccc32)[C@H]1Cc1ccc(OC(F)F)cc1. The van der Waals surface area contributed by atoms with E-state index in [2.05, 4.69) is 16.9 Å². The Kier molecular flexibility index (Phi) is 5.88. The van der Waals surface area contributed by atoms with Crippen LogP contribution < -0.4 is 4.74 Å². The molecular weight excluding hydrogens is 444 g/mol. The van der Waals surface area contributed by atoms with Crippen LogP contribution in [0.1, 0.15) is 22.6 Å². The Balaban J connectivity index is 1.27. The summed E-state index contributed by atoms with van der Waals surface area (Å²) in [7, 11) is 0. The molecule has 1 heterocycles. The van der Waals surface area contributed by atoms with Gasteiger partial charge in [-0.05, 0) is 39.9 Å². The van der Waals surface area contributed by atoms with Crippen molar-refractivity contribution in [3.05, 3.63) is 89.5 Å². The van der Waals surface area contributed by atoms with Crippen LogP contribution in [0.3, 0.4) is 0 Å². The van der Waals surface area contributed by atoms with E-state index in [0.29, 0.717) is 5.56 Å². The third kappa shape index (κ3) is 4.19. The van der Waals surface area contributed by atoms with Crippen molar-refractivity contribution in [1.29, 1.82) is 0 Å². The number of fused-ring (bicyclic) bond motifs is 3. The molecule has 1 amide bonds. The topological polar surface area (TPSA) is 65.1 Å². The second kappa shape index (κ2) is 9.13. The molecule has 3 aromatic rings. The quantitative estimate of drug-likeness (QED) is 0.482. The molecule has 34 heavy (non-hydrogen) atoms. The summed E-state index contributed by atoms with van der Waals surface area (Å²) in [6, 6.07) is 21.1. The standard InChI is InChI=1S/C26H21F2NO5/c27-25(28)34-17-11-9-16(10-12-17)13-23-24(30)33-15-29(23)26(31)32-14-22-20-7-3-1-5-18(20)19-6-2-4-8-21(19)22/h1-12,22-23,25H,13-15H2/t23-/m0/s1. The molecular formula is C26H21F2NO5. The van der Waals surface area contributed by atoms with E-state index in [9.17, 15) is 18.4 Å². The second-order valence-corrected chi connectivity index (χ2v) is 8.11. The lowest BCUT2D eigenvalue weighted by Crippen LogP contribution is -2.40. The van der Waals surface area contributed by atoms with E-state index in [-0.39, 0.29) is 31.4 Å². The number of rotatable bonds is 6. The minimum Gasteiger partial charge on any atom is -0.448 e. The molecule has 1 aliphatic heterocycles. The van der Waals surface area contributed by atoms with Crippen LogP contribution in [-0.4, -0.2) is 43.0 Å². The van der Waals surface area contributed by atoms with Crippen LogP contribution >= 0.6 is 0 Å². The van der Waals surface area contributed by atoms with Gasteiger partial charge < -0.3 is 14.2 Å². The first kappa shape index (κ1) is 21.9. The van der Waals surface area contributed by atoms with Gasteiger partial charge >= 0.3 is 18.7 Å². The van der Waals surface area contributed by atoms with Gasteiger partial charge in [-0.25, -0.2) is 9.59 Å². The average molecular weight is 465 g/mol. The Labute approximate surface area is 194 Å². The molecule has 0 spiro atoms. The fraction of sp³-hybridized carbons (Fsp3) is 0.231. The Morgan fingerprint density at radius 1 is 0.971 bits per heavy atom. The van der Waals surface area contributed by atoms with Gasteiger partial charge in [0.05, 0.1) is 0 Å². The Bertz CT molecular complexity index is 1170. The number of benzene rings is 3. The number of carbonyl (C=O) groups excluding carboxylic acids is 2. The number of halogens is 2. The highest BCUT2D eigenvalue weighted by Crippen LogP contribution is 2.44. The normalized spacial score (nSPS) is 16.9. The molecule has 0 radical (unpaired) electrons. The van der Waals surface area contributed by atoms with Crippen LogP contribution in [0.4, 0.5) is 13.6 Å². The molecule has 1 saturated heterocycles. The zero-order chi connectivity index (χ0) is 23.7. The molecule has 0 aromatic heterocycles. The fourth-order valence-electron chi connectivity index (χ4n) is 4.53. The van der Waals surface area contributed by atoms with E-state index in [4.69, 9.17) is 9.47 Å². The number of hydrogen-bond acceptors (Lipinski definition) is 5. The van der Waals surface area contributed by atoms with Gasteiger partial charge in [0.25, 0.3) is 0 Å². The number of carbonyl (C=O) groups is 2. The van der Waals surface area contributed by atoms with Gasteiger partial charge in [-0.2, -0.15) is 8.78 Å². The molecule has 5 rings (SSSR count). The van der Waals surface area contributed by atoms with E-state index < -0.39 is 24.7 Å². The predicted molar refractivity (Wildman–Crippen MR) is 118 cm³/mol. The summed E-state index contributed by atoms with van der Waals surface area (Å²) >= 11 is 0. The molecule has 1 aliphatic carbocycles. The molecule has 8 heteroatoms. The molecule has 2 aliphatic rings. The van der Waals surface area contributed by atoms with Gasteiger partial charge in [-0.15, -0.1) is 0 Å². The van der Waals surface area contributed by atoms with Crippen molar-refractivity contribution in [2.45, 2.75) is 25.0 Å². The number of amides is 1. The lowest BCUT2D eigenvalue weighted by Gasteiger charge is -2.21. The lowest BCUT2D eigenvalue weighted by atomic mass is 9.98. The first-order chi connectivity index (χ1) is 16.5. The number of nitrogens with zero attached hydrogens (tertiary/aromatic N) is 1. The number of hydrogen-bond donors (Lipinski definition) is 0. The van der Waals surface area contributed by atoms with Crippen LogP contribution in [0.15, 0.2) is 72.8 Å². The highest BCUT2D eigenvalue weighted by atomic mass is 19.3. The monoisotopic (exact) mass is 465 g/mol. The van der Waals surface area contributed by atoms with E-state index >= 15 is 0 Å². The van der Waals surface area contributed by atoms with Crippen LogP contribution in [0.25, 0.3) is 11.1 Å². The van der Waals surface area contributed by atoms with Gasteiger partial charge in [0.1, 0.15) is 18.4 Å². The van der Waals surface area contributed by atoms with Gasteiger partial charge in [0.2, 0.25) is 0 Å². The lowest BCUT2D eigenvalue weighted by molar-refractivity contribution is -0.139. The van der Waals surface area contributed by atoms with Gasteiger partial charge in [-0.3, -0.25) is 4.90 Å². The first-order valence-corrected chi connectivity index (χ1v) is 10.8. The van der Waals surface area contributed by atoms with Crippen LogP contribution in [0.2, 0.25) is 0 Å². The van der Waals surface area contributed by atoms with E-state index in [1.54, 1.807) is 12.1 Å². The summed E-state index contributed by atoms with van der Waals surface area (Å²) in [6.07, 6.45) is -0.479. The summed E-state index contributed by atoms with van der Waals surface area (Å²) in [6.45, 7) is -2.99. The maximum absolute atomic E-state index is 12.9. The summed E-state index contributed by atoms with van der Waals surface area (Å²) in [4.78, 5) is 26.5. The molecule has 174 valence electrons. The second-order valence-electron chi connectivity index (χ2n) is 8.11. The average Bonchev–Trinajstić information content (AvgIpc) is 3.36. The number of alkyl halides is 2. The first-order valence-electron chi connectivity index (χ1n) is 10.8. The van der Waals surface area contributed by atoms with Crippen LogP contribution in [-0.2, 0) is 20.7 Å². The van der Waals surface area contributed by atoms with Crippen molar-refractivity contribution in [1.82, 2.24) is 4.90 Å². The largest absolute Gasteiger partial charge is 0.448 e. The Morgan fingerprint density at radius 2 is 1.59 bits per heavy atom. The molecule has 0 N–H and O–H groups in total. The van der Waals surface area contributed by atoms with E-state index in [0.717, 1.165) is 22.3 Å². The molecule has 1 atom stereocenters. The van der Waals surface area contributed by atoms with Crippen molar-refractivity contribution >= 4 is 12.1 Å². The van der Waals surface area contributed by atoms with Crippen molar-refractivity contribution < 1.29 is 32.6 Å². The Morgan fingerprint density at radius 3 is 2.21 bits per heavy atom. The summed E-state index contributed by atoms with van der Waals surface area (Å²) in [5.74, 6) is -0.626. The third-order valence-electron chi connectivity index (χ3n) is 6.14. The smallest absolute Gasteiger partial charge is 0.413 e. The zero-order valence-corrected chi connectivity index (χ0v) is 18.0. The molecule has 0 bridgehead atoms. The molecule has 0 unspecified atom stereocenters. The highest BCUT2D eigenvalue weighted by molar-refractivity contribution is 5.84. The van der Waals surface area contributed by atoms with E-state index in [1.807, 2.05) is 36.4 Å². The zero-order valence-electron chi connectivity index (χ0n) is 18.0. The highest BCUT2D eigenvalue weighted by Gasteiger charge is 2.39. The van der Waals surface area contributed by atoms with Gasteiger partial charge in [0, 0.05) is 12.3 Å². The third-order valence-corrected chi connectivity index (χ3v) is 6.14. The molecule has 1 fully saturated rings. The summed E-state index contributed by atoms with van der Waals surface area (Å²) < 4.78 is 39.8. The molecule has 0 saturated carbocycles. The van der Waals surface area contributed by atoms with Crippen molar-refractivity contribution in [3.63, 3.8) is 0 Å². The minimum atomic E-state index is -2.92. The number of cyclic esters (lactones) is 1. The van der Waals surface area contributed by atoms with Crippen LogP contribution in [0.5, 0.6) is 5.75 Å². The summed E-state index contributed by atoms with van der Waals surface area (Å²) in [5, 5.41) is 0. The van der Waals surface area contributed by atoms with Crippen molar-refractivity contribution in [2.24, 2.45) is 0 Å². The number of ether oxygens (including phenoxy) is 3. The fourth-order valence-corrected chi connectivity index (χ4v) is 4.53. The molecule has 3 aromatic carbocycles. The predicted octanol–water partition coefficient (Wildman–Crippen LogP) is 4.96.